The van der Waals surface area contributed by atoms with Gasteiger partial charge in [-0.1, -0.05) is 0 Å². The van der Waals surface area contributed by atoms with Gasteiger partial charge in [0.2, 0.25) is 0 Å². The molecule has 2 aromatic heterocycles. The number of alkyl halides is 3. The lowest BCUT2D eigenvalue weighted by Crippen LogP contribution is -2.39. The van der Waals surface area contributed by atoms with Crippen molar-refractivity contribution in [3.8, 4) is 0 Å². The lowest BCUT2D eigenvalue weighted by molar-refractivity contribution is -0.140. The molecule has 10 heteroatoms. The predicted octanol–water partition coefficient (Wildman–Crippen LogP) is 3.03. The zero-order valence-corrected chi connectivity index (χ0v) is 14.2. The van der Waals surface area contributed by atoms with Gasteiger partial charge in [-0.25, -0.2) is 4.98 Å². The van der Waals surface area contributed by atoms with Crippen molar-refractivity contribution in [1.82, 2.24) is 9.38 Å². The van der Waals surface area contributed by atoms with Gasteiger partial charge in [0.1, 0.15) is 16.4 Å². The second kappa shape index (κ2) is 6.66. The molecule has 0 radical (unpaired) electrons. The van der Waals surface area contributed by atoms with Gasteiger partial charge >= 0.3 is 13.8 Å². The van der Waals surface area contributed by atoms with E-state index >= 15 is 0 Å². The number of hydrogen-bond acceptors (Lipinski definition) is 5. The van der Waals surface area contributed by atoms with E-state index in [1.165, 1.54) is 26.1 Å². The zero-order valence-electron chi connectivity index (χ0n) is 13.3. The van der Waals surface area contributed by atoms with Gasteiger partial charge in [-0.3, -0.25) is 14.4 Å². The molecule has 0 bridgehead atoms. The summed E-state index contributed by atoms with van der Waals surface area (Å²) in [7, 11) is -4.35. The fraction of sp³-hybridized carbons (Fsp3) is 0.429. The number of nitrogens with zero attached hydrogens (tertiary/aromatic N) is 2. The first kappa shape index (κ1) is 18.6. The molecule has 0 aliphatic rings. The molecule has 2 rings (SSSR count). The van der Waals surface area contributed by atoms with Crippen LogP contribution in [0.5, 0.6) is 0 Å². The average Bonchev–Trinajstić information content (AvgIpc) is 2.45. The maximum atomic E-state index is 13.5. The summed E-state index contributed by atoms with van der Waals surface area (Å²) in [5.74, 6) is 0. The predicted molar refractivity (Wildman–Crippen MR) is 81.3 cm³/mol. The summed E-state index contributed by atoms with van der Waals surface area (Å²) < 4.78 is 64.5. The number of halogens is 3. The molecule has 0 aliphatic carbocycles. The summed E-state index contributed by atoms with van der Waals surface area (Å²) in [5, 5.41) is 7.26. The minimum Gasteiger partial charge on any atom is -0.305 e. The average molecular weight is 363 g/mol. The quantitative estimate of drug-likeness (QED) is 0.829. The van der Waals surface area contributed by atoms with Gasteiger partial charge in [0.25, 0.3) is 0 Å². The maximum absolute atomic E-state index is 13.5. The first-order chi connectivity index (χ1) is 11.1. The molecule has 6 nitrogen and oxygen atoms in total. The maximum Gasteiger partial charge on any atom is 0.434 e. The second-order valence-corrected chi connectivity index (χ2v) is 6.88. The number of pyridine rings is 1. The lowest BCUT2D eigenvalue weighted by atomic mass is 10.3. The Morgan fingerprint density at radius 2 is 1.88 bits per heavy atom. The summed E-state index contributed by atoms with van der Waals surface area (Å²) in [5.41, 5.74) is -1.45. The van der Waals surface area contributed by atoms with Gasteiger partial charge in [-0.05, 0) is 38.5 Å². The third kappa shape index (κ3) is 3.38. The van der Waals surface area contributed by atoms with Crippen LogP contribution in [0.25, 0.3) is 5.65 Å². The van der Waals surface area contributed by atoms with Crippen LogP contribution in [-0.2, 0) is 19.8 Å². The SMILES string of the molecule is CCOP(=O)(OCC)c1c(C(F)(F)F)nc2cc(C)ccn2c1=N. The third-order valence-corrected chi connectivity index (χ3v) is 5.31. The van der Waals surface area contributed by atoms with Gasteiger partial charge in [0, 0.05) is 6.20 Å². The van der Waals surface area contributed by atoms with Crippen LogP contribution in [0.3, 0.4) is 0 Å². The number of fused-ring (bicyclic) bond motifs is 1. The highest BCUT2D eigenvalue weighted by molar-refractivity contribution is 7.62. The van der Waals surface area contributed by atoms with E-state index in [1.807, 2.05) is 0 Å². The number of aromatic nitrogens is 2. The van der Waals surface area contributed by atoms with Crippen LogP contribution in [0.2, 0.25) is 0 Å². The Balaban J connectivity index is 2.94. The first-order valence-corrected chi connectivity index (χ1v) is 8.72. The molecule has 2 aromatic rings. The summed E-state index contributed by atoms with van der Waals surface area (Å²) in [6.07, 6.45) is -3.51. The molecule has 0 atom stereocenters. The van der Waals surface area contributed by atoms with Crippen LogP contribution in [0.15, 0.2) is 18.3 Å². The Kier molecular flexibility index (Phi) is 5.17. The standard InChI is InChI=1S/C14H17F3N3O3P/c1-4-22-24(21,23-5-2)11-12(14(15,16)17)19-10-8-9(3)6-7-20(10)13(11)18/h6-8,18H,4-5H2,1-3H3. The molecule has 0 saturated heterocycles. The number of rotatable bonds is 5. The highest BCUT2D eigenvalue weighted by Gasteiger charge is 2.44. The largest absolute Gasteiger partial charge is 0.434 e. The topological polar surface area (TPSA) is 76.7 Å². The molecule has 0 saturated carbocycles. The molecule has 132 valence electrons. The number of aryl methyl sites for hydroxylation is 1. The van der Waals surface area contributed by atoms with Gasteiger partial charge in [0.15, 0.2) is 5.69 Å². The number of hydrogen-bond donors (Lipinski definition) is 1. The van der Waals surface area contributed by atoms with E-state index in [2.05, 4.69) is 4.98 Å². The molecule has 2 heterocycles. The molecule has 0 aromatic carbocycles. The molecule has 24 heavy (non-hydrogen) atoms. The Hall–Kier alpha value is -1.70. The van der Waals surface area contributed by atoms with Crippen molar-refractivity contribution in [2.45, 2.75) is 26.9 Å². The summed E-state index contributed by atoms with van der Waals surface area (Å²) in [6, 6.07) is 3.01. The fourth-order valence-corrected chi connectivity index (χ4v) is 4.04. The molecule has 0 amide bonds. The van der Waals surface area contributed by atoms with Gasteiger partial charge < -0.3 is 9.05 Å². The molecule has 1 N–H and O–H groups in total. The van der Waals surface area contributed by atoms with Gasteiger partial charge in [-0.2, -0.15) is 13.2 Å². The zero-order chi connectivity index (χ0) is 18.1. The van der Waals surface area contributed by atoms with E-state index in [9.17, 15) is 17.7 Å². The summed E-state index contributed by atoms with van der Waals surface area (Å²) in [6.45, 7) is 4.38. The molecule has 0 unspecified atom stereocenters. The van der Waals surface area contributed by atoms with Crippen LogP contribution in [-0.4, -0.2) is 22.6 Å². The van der Waals surface area contributed by atoms with Crippen molar-refractivity contribution in [1.29, 1.82) is 5.41 Å². The van der Waals surface area contributed by atoms with Crippen molar-refractivity contribution in [3.05, 3.63) is 35.1 Å². The summed E-state index contributed by atoms with van der Waals surface area (Å²) in [4.78, 5) is 3.58. The van der Waals surface area contributed by atoms with Crippen LogP contribution in [0.4, 0.5) is 13.2 Å². The van der Waals surface area contributed by atoms with E-state index in [4.69, 9.17) is 14.5 Å². The molecular formula is C14H17F3N3O3P. The van der Waals surface area contributed by atoms with Gasteiger partial charge in [0.05, 0.1) is 13.2 Å². The Morgan fingerprint density at radius 1 is 1.29 bits per heavy atom. The fourth-order valence-electron chi connectivity index (χ4n) is 2.22. The monoisotopic (exact) mass is 363 g/mol. The normalized spacial score (nSPS) is 12.8. The Labute approximate surface area is 136 Å². The van der Waals surface area contributed by atoms with Crippen molar-refractivity contribution in [3.63, 3.8) is 0 Å². The lowest BCUT2D eigenvalue weighted by Gasteiger charge is -2.21. The number of nitrogens with one attached hydrogen (secondary N) is 1. The second-order valence-electron chi connectivity index (χ2n) is 4.92. The molecule has 0 spiro atoms. The molecule has 0 fully saturated rings. The Morgan fingerprint density at radius 3 is 2.38 bits per heavy atom. The Bertz CT molecular complexity index is 854. The van der Waals surface area contributed by atoms with E-state index in [1.54, 1.807) is 13.0 Å². The van der Waals surface area contributed by atoms with Crippen LogP contribution in [0, 0.1) is 12.3 Å². The van der Waals surface area contributed by atoms with Crippen molar-refractivity contribution in [2.75, 3.05) is 13.2 Å². The highest BCUT2D eigenvalue weighted by Crippen LogP contribution is 2.48. The summed E-state index contributed by atoms with van der Waals surface area (Å²) >= 11 is 0. The van der Waals surface area contributed by atoms with E-state index < -0.39 is 30.3 Å². The van der Waals surface area contributed by atoms with Crippen molar-refractivity contribution < 1.29 is 26.8 Å². The van der Waals surface area contributed by atoms with Crippen LogP contribution >= 0.6 is 7.60 Å². The van der Waals surface area contributed by atoms with E-state index in [0.717, 1.165) is 4.40 Å². The minimum atomic E-state index is -4.91. The van der Waals surface area contributed by atoms with E-state index in [-0.39, 0.29) is 18.9 Å². The smallest absolute Gasteiger partial charge is 0.305 e. The first-order valence-electron chi connectivity index (χ1n) is 7.18. The molecule has 0 aliphatic heterocycles. The van der Waals surface area contributed by atoms with Crippen LogP contribution < -0.4 is 10.8 Å². The van der Waals surface area contributed by atoms with E-state index in [0.29, 0.717) is 5.56 Å². The third-order valence-electron chi connectivity index (χ3n) is 3.15. The van der Waals surface area contributed by atoms with Crippen molar-refractivity contribution >= 4 is 18.5 Å². The van der Waals surface area contributed by atoms with Gasteiger partial charge in [-0.15, -0.1) is 0 Å². The minimum absolute atomic E-state index is 0.0735. The highest BCUT2D eigenvalue weighted by atomic mass is 31.2. The van der Waals surface area contributed by atoms with Crippen LogP contribution in [0.1, 0.15) is 25.1 Å². The molecular weight excluding hydrogens is 346 g/mol. The van der Waals surface area contributed by atoms with Crippen molar-refractivity contribution in [2.24, 2.45) is 0 Å².